The summed E-state index contributed by atoms with van der Waals surface area (Å²) in [5.74, 6) is 0.352. The normalized spacial score (nSPS) is 15.6. The van der Waals surface area contributed by atoms with Gasteiger partial charge in [-0.1, -0.05) is 18.2 Å². The predicted octanol–water partition coefficient (Wildman–Crippen LogP) is 4.44. The van der Waals surface area contributed by atoms with Crippen molar-refractivity contribution in [2.45, 2.75) is 58.5 Å². The third-order valence-electron chi connectivity index (χ3n) is 4.75. The highest BCUT2D eigenvalue weighted by Crippen LogP contribution is 2.24. The first-order valence-corrected chi connectivity index (χ1v) is 9.44. The van der Waals surface area contributed by atoms with E-state index in [0.29, 0.717) is 11.5 Å². The molecule has 0 aliphatic carbocycles. The highest BCUT2D eigenvalue weighted by atomic mass is 16.6. The molecule has 5 heteroatoms. The van der Waals surface area contributed by atoms with Crippen LogP contribution in [-0.2, 0) is 15.9 Å². The van der Waals surface area contributed by atoms with Crippen LogP contribution in [0.5, 0.6) is 0 Å². The van der Waals surface area contributed by atoms with Crippen molar-refractivity contribution < 1.29 is 19.1 Å². The van der Waals surface area contributed by atoms with Gasteiger partial charge in [0.25, 0.3) is 0 Å². The number of piperidine rings is 1. The average molecular weight is 361 g/mol. The lowest BCUT2D eigenvalue weighted by Crippen LogP contribution is -2.41. The van der Waals surface area contributed by atoms with Crippen LogP contribution in [0.2, 0.25) is 0 Å². The fourth-order valence-electron chi connectivity index (χ4n) is 3.36. The number of methoxy groups -OCH3 is 1. The van der Waals surface area contributed by atoms with Gasteiger partial charge in [-0.25, -0.2) is 9.59 Å². The Morgan fingerprint density at radius 2 is 1.81 bits per heavy atom. The molecule has 0 unspecified atom stereocenters. The maximum atomic E-state index is 12.1. The number of benzene rings is 1. The molecule has 1 fully saturated rings. The van der Waals surface area contributed by atoms with Gasteiger partial charge < -0.3 is 14.4 Å². The SMILES string of the molecule is COC(=O)c1ccccc1CCCC1CCN(C(=O)OC(C)(C)C)CC1. The molecule has 1 saturated heterocycles. The zero-order valence-electron chi connectivity index (χ0n) is 16.4. The Balaban J connectivity index is 1.76. The van der Waals surface area contributed by atoms with Gasteiger partial charge in [0.05, 0.1) is 12.7 Å². The van der Waals surface area contributed by atoms with E-state index in [1.165, 1.54) is 7.11 Å². The van der Waals surface area contributed by atoms with Crippen LogP contribution >= 0.6 is 0 Å². The van der Waals surface area contributed by atoms with Gasteiger partial charge in [-0.15, -0.1) is 0 Å². The molecule has 0 aromatic heterocycles. The van der Waals surface area contributed by atoms with Crippen molar-refractivity contribution >= 4 is 12.1 Å². The topological polar surface area (TPSA) is 55.8 Å². The molecule has 0 saturated carbocycles. The van der Waals surface area contributed by atoms with Crippen LogP contribution in [0.25, 0.3) is 0 Å². The molecule has 0 radical (unpaired) electrons. The summed E-state index contributed by atoms with van der Waals surface area (Å²) in [5.41, 5.74) is 1.27. The Labute approximate surface area is 156 Å². The summed E-state index contributed by atoms with van der Waals surface area (Å²) in [6.45, 7) is 7.20. The van der Waals surface area contributed by atoms with Crippen LogP contribution < -0.4 is 0 Å². The Hall–Kier alpha value is -2.04. The van der Waals surface area contributed by atoms with Gasteiger partial charge in [-0.05, 0) is 70.4 Å². The van der Waals surface area contributed by atoms with Gasteiger partial charge in [-0.2, -0.15) is 0 Å². The maximum absolute atomic E-state index is 12.1. The molecule has 26 heavy (non-hydrogen) atoms. The van der Waals surface area contributed by atoms with Gasteiger partial charge in [0.15, 0.2) is 0 Å². The lowest BCUT2D eigenvalue weighted by Gasteiger charge is -2.33. The minimum Gasteiger partial charge on any atom is -0.465 e. The number of nitrogens with zero attached hydrogens (tertiary/aromatic N) is 1. The van der Waals surface area contributed by atoms with Crippen LogP contribution in [0.15, 0.2) is 24.3 Å². The second-order valence-electron chi connectivity index (χ2n) is 7.95. The minimum absolute atomic E-state index is 0.206. The lowest BCUT2D eigenvalue weighted by molar-refractivity contribution is 0.0180. The molecule has 0 spiro atoms. The second-order valence-corrected chi connectivity index (χ2v) is 7.95. The van der Waals surface area contributed by atoms with Crippen LogP contribution in [-0.4, -0.2) is 42.8 Å². The van der Waals surface area contributed by atoms with Gasteiger partial charge in [0.1, 0.15) is 5.60 Å². The molecule has 1 heterocycles. The molecule has 1 amide bonds. The van der Waals surface area contributed by atoms with E-state index in [2.05, 4.69) is 0 Å². The average Bonchev–Trinajstić information content (AvgIpc) is 2.60. The smallest absolute Gasteiger partial charge is 0.410 e. The number of ether oxygens (including phenoxy) is 2. The molecule has 0 bridgehead atoms. The largest absolute Gasteiger partial charge is 0.465 e. The first-order valence-electron chi connectivity index (χ1n) is 9.44. The van der Waals surface area contributed by atoms with Crippen LogP contribution in [0, 0.1) is 5.92 Å². The van der Waals surface area contributed by atoms with Gasteiger partial charge in [0.2, 0.25) is 0 Å². The summed E-state index contributed by atoms with van der Waals surface area (Å²) in [6.07, 6.45) is 4.83. The molecule has 0 N–H and O–H groups in total. The van der Waals surface area contributed by atoms with E-state index in [1.807, 2.05) is 49.9 Å². The Morgan fingerprint density at radius 3 is 2.42 bits per heavy atom. The zero-order chi connectivity index (χ0) is 19.2. The number of hydrogen-bond acceptors (Lipinski definition) is 4. The maximum Gasteiger partial charge on any atom is 0.410 e. The summed E-state index contributed by atoms with van der Waals surface area (Å²) in [4.78, 5) is 25.7. The Morgan fingerprint density at radius 1 is 1.15 bits per heavy atom. The highest BCUT2D eigenvalue weighted by molar-refractivity contribution is 5.90. The van der Waals surface area contributed by atoms with E-state index in [-0.39, 0.29) is 12.1 Å². The predicted molar refractivity (Wildman–Crippen MR) is 101 cm³/mol. The van der Waals surface area contributed by atoms with E-state index in [1.54, 1.807) is 0 Å². The van der Waals surface area contributed by atoms with Crippen molar-refractivity contribution in [1.29, 1.82) is 0 Å². The molecule has 1 aliphatic heterocycles. The molecule has 1 aromatic rings. The summed E-state index contributed by atoms with van der Waals surface area (Å²) < 4.78 is 10.3. The van der Waals surface area contributed by atoms with Crippen molar-refractivity contribution in [3.63, 3.8) is 0 Å². The third-order valence-corrected chi connectivity index (χ3v) is 4.75. The number of carbonyl (C=O) groups is 2. The Bertz CT molecular complexity index is 613. The van der Waals surface area contributed by atoms with Crippen LogP contribution in [0.1, 0.15) is 62.4 Å². The molecular weight excluding hydrogens is 330 g/mol. The fourth-order valence-corrected chi connectivity index (χ4v) is 3.36. The highest BCUT2D eigenvalue weighted by Gasteiger charge is 2.26. The summed E-state index contributed by atoms with van der Waals surface area (Å²) in [6, 6.07) is 7.64. The number of amides is 1. The van der Waals surface area contributed by atoms with E-state index in [4.69, 9.17) is 9.47 Å². The summed E-state index contributed by atoms with van der Waals surface area (Å²) >= 11 is 0. The first-order chi connectivity index (χ1) is 12.3. The number of likely N-dealkylation sites (tertiary alicyclic amines) is 1. The van der Waals surface area contributed by atoms with E-state index in [0.717, 1.165) is 50.8 Å². The standard InChI is InChI=1S/C21H31NO4/c1-21(2,3)26-20(24)22-14-12-16(13-15-22)8-7-10-17-9-5-6-11-18(17)19(23)25-4/h5-6,9,11,16H,7-8,10,12-15H2,1-4H3. The molecule has 5 nitrogen and oxygen atoms in total. The first kappa shape index (κ1) is 20.3. The number of hydrogen-bond donors (Lipinski definition) is 0. The van der Waals surface area contributed by atoms with Crippen LogP contribution in [0.4, 0.5) is 4.79 Å². The third kappa shape index (κ3) is 6.04. The van der Waals surface area contributed by atoms with Crippen molar-refractivity contribution in [2.75, 3.05) is 20.2 Å². The van der Waals surface area contributed by atoms with Gasteiger partial charge >= 0.3 is 12.1 Å². The van der Waals surface area contributed by atoms with Gasteiger partial charge in [-0.3, -0.25) is 0 Å². The number of carbonyl (C=O) groups excluding carboxylic acids is 2. The molecule has 1 aliphatic rings. The monoisotopic (exact) mass is 361 g/mol. The summed E-state index contributed by atoms with van der Waals surface area (Å²) in [7, 11) is 1.41. The van der Waals surface area contributed by atoms with E-state index >= 15 is 0 Å². The van der Waals surface area contributed by atoms with Crippen molar-refractivity contribution in [2.24, 2.45) is 5.92 Å². The number of esters is 1. The quantitative estimate of drug-likeness (QED) is 0.728. The fraction of sp³-hybridized carbons (Fsp3) is 0.619. The minimum atomic E-state index is -0.443. The van der Waals surface area contributed by atoms with Gasteiger partial charge in [0, 0.05) is 13.1 Å². The molecule has 0 atom stereocenters. The van der Waals surface area contributed by atoms with E-state index in [9.17, 15) is 9.59 Å². The molecule has 2 rings (SSSR count). The van der Waals surface area contributed by atoms with Crippen molar-refractivity contribution in [3.8, 4) is 0 Å². The van der Waals surface area contributed by atoms with Crippen molar-refractivity contribution in [1.82, 2.24) is 4.90 Å². The Kier molecular flexibility index (Phi) is 7.06. The lowest BCUT2D eigenvalue weighted by atomic mass is 9.90. The summed E-state index contributed by atoms with van der Waals surface area (Å²) in [5, 5.41) is 0. The number of rotatable bonds is 5. The second kappa shape index (κ2) is 9.06. The molecule has 1 aromatic carbocycles. The van der Waals surface area contributed by atoms with E-state index < -0.39 is 5.60 Å². The molecule has 144 valence electrons. The zero-order valence-corrected chi connectivity index (χ0v) is 16.4. The molecular formula is C21H31NO4. The van der Waals surface area contributed by atoms with Crippen molar-refractivity contribution in [3.05, 3.63) is 35.4 Å². The van der Waals surface area contributed by atoms with Crippen LogP contribution in [0.3, 0.4) is 0 Å². The number of aryl methyl sites for hydroxylation is 1.